The molecule has 1 fully saturated rings. The van der Waals surface area contributed by atoms with Gasteiger partial charge in [0.15, 0.2) is 0 Å². The Morgan fingerprint density at radius 1 is 1.35 bits per heavy atom. The molecule has 0 aliphatic carbocycles. The molecule has 2 unspecified atom stereocenters. The van der Waals surface area contributed by atoms with Crippen molar-refractivity contribution in [1.29, 1.82) is 0 Å². The predicted molar refractivity (Wildman–Crippen MR) is 78.5 cm³/mol. The number of hydrogen-bond acceptors (Lipinski definition) is 4. The lowest BCUT2D eigenvalue weighted by molar-refractivity contribution is 0.232. The minimum Gasteiger partial charge on any atom is -0.495 e. The predicted octanol–water partition coefficient (Wildman–Crippen LogP) is 1.37. The third-order valence-corrected chi connectivity index (χ3v) is 5.89. The zero-order valence-electron chi connectivity index (χ0n) is 12.4. The molecular weight excluding hydrogens is 276 g/mol. The molecule has 1 aliphatic heterocycles. The molecule has 2 rings (SSSR count). The van der Waals surface area contributed by atoms with Gasteiger partial charge in [0.2, 0.25) is 10.0 Å². The van der Waals surface area contributed by atoms with E-state index in [0.717, 1.165) is 5.56 Å². The molecule has 1 aromatic carbocycles. The Balaban J connectivity index is 2.47. The quantitative estimate of drug-likeness (QED) is 0.916. The van der Waals surface area contributed by atoms with Gasteiger partial charge in [-0.15, -0.1) is 0 Å². The molecule has 0 aromatic heterocycles. The first-order valence-corrected chi connectivity index (χ1v) is 8.22. The van der Waals surface area contributed by atoms with Crippen molar-refractivity contribution in [3.63, 3.8) is 0 Å². The highest BCUT2D eigenvalue weighted by Crippen LogP contribution is 2.29. The molecule has 1 heterocycles. The van der Waals surface area contributed by atoms with E-state index in [0.29, 0.717) is 18.8 Å². The summed E-state index contributed by atoms with van der Waals surface area (Å²) in [6.45, 7) is 6.95. The summed E-state index contributed by atoms with van der Waals surface area (Å²) in [6, 6.07) is 5.28. The Kier molecular flexibility index (Phi) is 4.36. The van der Waals surface area contributed by atoms with E-state index in [1.807, 2.05) is 26.8 Å². The van der Waals surface area contributed by atoms with Crippen LogP contribution in [0.25, 0.3) is 0 Å². The largest absolute Gasteiger partial charge is 0.495 e. The minimum absolute atomic E-state index is 0.0843. The van der Waals surface area contributed by atoms with Crippen molar-refractivity contribution in [3.8, 4) is 5.75 Å². The van der Waals surface area contributed by atoms with Gasteiger partial charge in [0, 0.05) is 25.2 Å². The molecule has 5 nitrogen and oxygen atoms in total. The second kappa shape index (κ2) is 5.71. The van der Waals surface area contributed by atoms with Crippen molar-refractivity contribution in [2.45, 2.75) is 37.8 Å². The SMILES string of the molecule is COc1ccc(C)cc1S(=O)(=O)N1CCNC(C)C1C. The number of piperazine rings is 1. The zero-order chi connectivity index (χ0) is 14.9. The van der Waals surface area contributed by atoms with Crippen molar-refractivity contribution in [1.82, 2.24) is 9.62 Å². The van der Waals surface area contributed by atoms with Crippen LogP contribution in [-0.2, 0) is 10.0 Å². The zero-order valence-corrected chi connectivity index (χ0v) is 13.2. The van der Waals surface area contributed by atoms with Crippen LogP contribution < -0.4 is 10.1 Å². The van der Waals surface area contributed by atoms with Crippen molar-refractivity contribution < 1.29 is 13.2 Å². The third-order valence-electron chi connectivity index (χ3n) is 3.88. The first kappa shape index (κ1) is 15.3. The van der Waals surface area contributed by atoms with Crippen molar-refractivity contribution in [3.05, 3.63) is 23.8 Å². The lowest BCUT2D eigenvalue weighted by Gasteiger charge is -2.37. The number of hydrogen-bond donors (Lipinski definition) is 1. The van der Waals surface area contributed by atoms with E-state index < -0.39 is 10.0 Å². The van der Waals surface area contributed by atoms with Gasteiger partial charge < -0.3 is 10.1 Å². The van der Waals surface area contributed by atoms with Crippen molar-refractivity contribution in [2.24, 2.45) is 0 Å². The van der Waals surface area contributed by atoms with Crippen LogP contribution >= 0.6 is 0 Å². The summed E-state index contributed by atoms with van der Waals surface area (Å²) >= 11 is 0. The second-order valence-corrected chi connectivity index (χ2v) is 7.11. The fourth-order valence-electron chi connectivity index (χ4n) is 2.48. The highest BCUT2D eigenvalue weighted by atomic mass is 32.2. The van der Waals surface area contributed by atoms with Gasteiger partial charge in [-0.25, -0.2) is 8.42 Å². The molecule has 1 saturated heterocycles. The average molecular weight is 298 g/mol. The number of methoxy groups -OCH3 is 1. The molecule has 20 heavy (non-hydrogen) atoms. The smallest absolute Gasteiger partial charge is 0.247 e. The number of ether oxygens (including phenoxy) is 1. The summed E-state index contributed by atoms with van der Waals surface area (Å²) in [5, 5.41) is 3.29. The molecule has 1 N–H and O–H groups in total. The van der Waals surface area contributed by atoms with Crippen LogP contribution in [0.3, 0.4) is 0 Å². The van der Waals surface area contributed by atoms with Crippen LogP contribution in [0.4, 0.5) is 0 Å². The van der Waals surface area contributed by atoms with Gasteiger partial charge in [-0.3, -0.25) is 0 Å². The molecule has 2 atom stereocenters. The summed E-state index contributed by atoms with van der Waals surface area (Å²) < 4.78 is 32.6. The maximum atomic E-state index is 12.9. The van der Waals surface area contributed by atoms with Gasteiger partial charge in [-0.2, -0.15) is 4.31 Å². The lowest BCUT2D eigenvalue weighted by Crippen LogP contribution is -2.57. The molecule has 6 heteroatoms. The lowest BCUT2D eigenvalue weighted by atomic mass is 10.1. The first-order chi connectivity index (χ1) is 9.37. The van der Waals surface area contributed by atoms with Crippen molar-refractivity contribution in [2.75, 3.05) is 20.2 Å². The fraction of sp³-hybridized carbons (Fsp3) is 0.571. The Hall–Kier alpha value is -1.11. The molecule has 0 saturated carbocycles. The van der Waals surface area contributed by atoms with Crippen molar-refractivity contribution >= 4 is 10.0 Å². The molecule has 0 bridgehead atoms. The Bertz CT molecular complexity index is 586. The number of sulfonamides is 1. The number of nitrogens with one attached hydrogen (secondary N) is 1. The van der Waals surface area contributed by atoms with Gasteiger partial charge in [0.25, 0.3) is 0 Å². The van der Waals surface area contributed by atoms with Gasteiger partial charge in [-0.05, 0) is 38.5 Å². The first-order valence-electron chi connectivity index (χ1n) is 6.78. The third kappa shape index (κ3) is 2.68. The Morgan fingerprint density at radius 3 is 2.70 bits per heavy atom. The molecular formula is C14H22N2O3S. The maximum Gasteiger partial charge on any atom is 0.247 e. The van der Waals surface area contributed by atoms with E-state index >= 15 is 0 Å². The minimum atomic E-state index is -3.54. The van der Waals surface area contributed by atoms with E-state index in [2.05, 4.69) is 5.32 Å². The average Bonchev–Trinajstić information content (AvgIpc) is 2.41. The van der Waals surface area contributed by atoms with E-state index in [-0.39, 0.29) is 17.0 Å². The van der Waals surface area contributed by atoms with Gasteiger partial charge in [0.05, 0.1) is 7.11 Å². The number of benzene rings is 1. The molecule has 0 spiro atoms. The standard InChI is InChI=1S/C14H22N2O3S/c1-10-5-6-13(19-4)14(9-10)20(17,18)16-8-7-15-11(2)12(16)3/h5-6,9,11-12,15H,7-8H2,1-4H3. The Morgan fingerprint density at radius 2 is 2.05 bits per heavy atom. The van der Waals surface area contributed by atoms with Crippen LogP contribution in [0.15, 0.2) is 23.1 Å². The molecule has 0 radical (unpaired) electrons. The number of rotatable bonds is 3. The normalized spacial score (nSPS) is 24.6. The van der Waals surface area contributed by atoms with Crippen LogP contribution in [0.2, 0.25) is 0 Å². The summed E-state index contributed by atoms with van der Waals surface area (Å²) in [4.78, 5) is 0.251. The summed E-state index contributed by atoms with van der Waals surface area (Å²) in [5.41, 5.74) is 0.903. The fourth-order valence-corrected chi connectivity index (χ4v) is 4.42. The second-order valence-electron chi connectivity index (χ2n) is 5.25. The Labute approximate surface area is 121 Å². The number of nitrogens with zero attached hydrogens (tertiary/aromatic N) is 1. The van der Waals surface area contributed by atoms with Crippen LogP contribution in [-0.4, -0.2) is 45.0 Å². The molecule has 0 amide bonds. The van der Waals surface area contributed by atoms with Gasteiger partial charge >= 0.3 is 0 Å². The monoisotopic (exact) mass is 298 g/mol. The van der Waals surface area contributed by atoms with Gasteiger partial charge in [-0.1, -0.05) is 6.07 Å². The number of aryl methyl sites for hydroxylation is 1. The molecule has 1 aromatic rings. The van der Waals surface area contributed by atoms with E-state index in [1.165, 1.54) is 7.11 Å². The van der Waals surface area contributed by atoms with E-state index in [9.17, 15) is 8.42 Å². The van der Waals surface area contributed by atoms with E-state index in [4.69, 9.17) is 4.74 Å². The summed E-state index contributed by atoms with van der Waals surface area (Å²) in [5.74, 6) is 0.397. The topological polar surface area (TPSA) is 58.6 Å². The maximum absolute atomic E-state index is 12.9. The summed E-state index contributed by atoms with van der Waals surface area (Å²) in [7, 11) is -2.05. The highest BCUT2D eigenvalue weighted by molar-refractivity contribution is 7.89. The van der Waals surface area contributed by atoms with Crippen LogP contribution in [0.1, 0.15) is 19.4 Å². The van der Waals surface area contributed by atoms with Crippen LogP contribution in [0, 0.1) is 6.92 Å². The van der Waals surface area contributed by atoms with Crippen LogP contribution in [0.5, 0.6) is 5.75 Å². The molecule has 1 aliphatic rings. The summed E-state index contributed by atoms with van der Waals surface area (Å²) in [6.07, 6.45) is 0. The van der Waals surface area contributed by atoms with E-state index in [1.54, 1.807) is 16.4 Å². The molecule has 112 valence electrons. The highest BCUT2D eigenvalue weighted by Gasteiger charge is 2.35. The van der Waals surface area contributed by atoms with Gasteiger partial charge in [0.1, 0.15) is 10.6 Å².